The highest BCUT2D eigenvalue weighted by Gasteiger charge is 2.06. The topological polar surface area (TPSA) is 66.8 Å². The van der Waals surface area contributed by atoms with Gasteiger partial charge in [-0.1, -0.05) is 0 Å². The van der Waals surface area contributed by atoms with Gasteiger partial charge in [-0.15, -0.1) is 0 Å². The fourth-order valence-electron chi connectivity index (χ4n) is 0.907. The third-order valence-electron chi connectivity index (χ3n) is 1.53. The van der Waals surface area contributed by atoms with E-state index in [1.165, 1.54) is 12.1 Å². The molecule has 76 valence electrons. The quantitative estimate of drug-likeness (QED) is 0.824. The number of aliphatic hydroxyl groups excluding tert-OH is 1. The average Bonchev–Trinajstić information content (AvgIpc) is 2.15. The zero-order valence-corrected chi connectivity index (χ0v) is 9.39. The van der Waals surface area contributed by atoms with Crippen LogP contribution in [0, 0.1) is 3.57 Å². The summed E-state index contributed by atoms with van der Waals surface area (Å²) in [5, 5.41) is 17.2. The molecule has 1 aromatic carbocycles. The molecule has 0 bridgehead atoms. The van der Waals surface area contributed by atoms with E-state index in [9.17, 15) is 4.79 Å². The average molecular weight is 308 g/mol. The number of hydrogen-bond donors (Lipinski definition) is 2. The Hall–Kier alpha value is -0.820. The van der Waals surface area contributed by atoms with Gasteiger partial charge in [-0.05, 0) is 40.8 Å². The lowest BCUT2D eigenvalue weighted by atomic mass is 10.2. The maximum absolute atomic E-state index is 10.6. The van der Waals surface area contributed by atoms with Gasteiger partial charge in [-0.3, -0.25) is 0 Å². The molecule has 1 rings (SSSR count). The van der Waals surface area contributed by atoms with E-state index in [-0.39, 0.29) is 18.8 Å². The number of aromatic carboxylic acids is 1. The molecule has 0 aliphatic carbocycles. The van der Waals surface area contributed by atoms with E-state index in [0.717, 1.165) is 3.57 Å². The maximum atomic E-state index is 10.6. The molecule has 0 atom stereocenters. The van der Waals surface area contributed by atoms with Gasteiger partial charge in [0, 0.05) is 0 Å². The molecule has 0 fully saturated rings. The van der Waals surface area contributed by atoms with Gasteiger partial charge in [0.1, 0.15) is 12.4 Å². The summed E-state index contributed by atoms with van der Waals surface area (Å²) in [7, 11) is 0. The van der Waals surface area contributed by atoms with Crippen molar-refractivity contribution in [2.24, 2.45) is 0 Å². The minimum absolute atomic E-state index is 0.0588. The number of rotatable bonds is 4. The first kappa shape index (κ1) is 11.3. The molecule has 14 heavy (non-hydrogen) atoms. The molecule has 0 aliphatic rings. The molecule has 0 heterocycles. The summed E-state index contributed by atoms with van der Waals surface area (Å²) in [6, 6.07) is 4.58. The van der Waals surface area contributed by atoms with Crippen molar-refractivity contribution in [3.8, 4) is 5.75 Å². The van der Waals surface area contributed by atoms with Gasteiger partial charge in [0.05, 0.1) is 15.7 Å². The van der Waals surface area contributed by atoms with Gasteiger partial charge in [-0.25, -0.2) is 4.79 Å². The summed E-state index contributed by atoms with van der Waals surface area (Å²) in [6.07, 6.45) is 0. The van der Waals surface area contributed by atoms with E-state index in [1.807, 2.05) is 22.6 Å². The zero-order valence-electron chi connectivity index (χ0n) is 7.24. The van der Waals surface area contributed by atoms with Gasteiger partial charge < -0.3 is 14.9 Å². The van der Waals surface area contributed by atoms with Crippen LogP contribution >= 0.6 is 22.6 Å². The van der Waals surface area contributed by atoms with Crippen molar-refractivity contribution >= 4 is 28.6 Å². The summed E-state index contributed by atoms with van der Waals surface area (Å²) in [4.78, 5) is 10.6. The Morgan fingerprint density at radius 3 is 2.71 bits per heavy atom. The van der Waals surface area contributed by atoms with Crippen molar-refractivity contribution in [1.29, 1.82) is 0 Å². The molecule has 0 aliphatic heterocycles. The van der Waals surface area contributed by atoms with Crippen LogP contribution in [0.25, 0.3) is 0 Å². The van der Waals surface area contributed by atoms with Crippen LogP contribution in [0.3, 0.4) is 0 Å². The summed E-state index contributed by atoms with van der Waals surface area (Å²) < 4.78 is 5.89. The molecule has 0 saturated carbocycles. The number of aliphatic hydroxyl groups is 1. The Bertz CT molecular complexity index is 338. The van der Waals surface area contributed by atoms with Crippen LogP contribution in [-0.2, 0) is 0 Å². The van der Waals surface area contributed by atoms with Gasteiger partial charge in [0.25, 0.3) is 0 Å². The van der Waals surface area contributed by atoms with E-state index in [2.05, 4.69) is 0 Å². The normalized spacial score (nSPS) is 9.86. The number of halogens is 1. The first-order valence-corrected chi connectivity index (χ1v) is 4.99. The second kappa shape index (κ2) is 5.16. The van der Waals surface area contributed by atoms with Crippen molar-refractivity contribution in [2.45, 2.75) is 0 Å². The Balaban J connectivity index is 2.84. The van der Waals surface area contributed by atoms with E-state index in [4.69, 9.17) is 14.9 Å². The van der Waals surface area contributed by atoms with Gasteiger partial charge in [0.2, 0.25) is 0 Å². The third-order valence-corrected chi connectivity index (χ3v) is 2.37. The first-order valence-electron chi connectivity index (χ1n) is 3.91. The van der Waals surface area contributed by atoms with Crippen LogP contribution < -0.4 is 4.74 Å². The summed E-state index contributed by atoms with van der Waals surface area (Å²) >= 11 is 1.99. The predicted octanol–water partition coefficient (Wildman–Crippen LogP) is 1.36. The highest BCUT2D eigenvalue weighted by atomic mass is 127. The molecule has 0 amide bonds. The predicted molar refractivity (Wildman–Crippen MR) is 58.7 cm³/mol. The van der Waals surface area contributed by atoms with Crippen LogP contribution in [0.5, 0.6) is 5.75 Å². The molecule has 0 unspecified atom stereocenters. The second-order valence-electron chi connectivity index (χ2n) is 2.52. The number of carbonyl (C=O) groups is 1. The smallest absolute Gasteiger partial charge is 0.335 e. The highest BCUT2D eigenvalue weighted by molar-refractivity contribution is 14.1. The monoisotopic (exact) mass is 308 g/mol. The second-order valence-corrected chi connectivity index (χ2v) is 3.68. The number of benzene rings is 1. The summed E-state index contributed by atoms with van der Waals surface area (Å²) in [5.74, 6) is -0.374. The molecule has 0 spiro atoms. The standard InChI is InChI=1S/C9H9IO4/c10-7-5-6(9(12)13)1-2-8(7)14-4-3-11/h1-2,5,11H,3-4H2,(H,12,13). The van der Waals surface area contributed by atoms with Crippen molar-refractivity contribution < 1.29 is 19.7 Å². The molecule has 0 radical (unpaired) electrons. The van der Waals surface area contributed by atoms with E-state index in [0.29, 0.717) is 5.75 Å². The van der Waals surface area contributed by atoms with Crippen molar-refractivity contribution in [3.63, 3.8) is 0 Å². The number of hydrogen-bond acceptors (Lipinski definition) is 3. The summed E-state index contributed by atoms with van der Waals surface area (Å²) in [5.41, 5.74) is 0.228. The van der Waals surface area contributed by atoms with Crippen LogP contribution in [0.15, 0.2) is 18.2 Å². The molecular weight excluding hydrogens is 299 g/mol. The number of ether oxygens (including phenoxy) is 1. The highest BCUT2D eigenvalue weighted by Crippen LogP contribution is 2.21. The number of carboxylic acid groups (broad SMARTS) is 1. The van der Waals surface area contributed by atoms with Crippen LogP contribution in [0.4, 0.5) is 0 Å². The molecule has 0 aromatic heterocycles. The fraction of sp³-hybridized carbons (Fsp3) is 0.222. The van der Waals surface area contributed by atoms with Crippen LogP contribution in [0.1, 0.15) is 10.4 Å². The van der Waals surface area contributed by atoms with Crippen molar-refractivity contribution in [3.05, 3.63) is 27.3 Å². The maximum Gasteiger partial charge on any atom is 0.335 e. The molecular formula is C9H9IO4. The largest absolute Gasteiger partial charge is 0.490 e. The Kier molecular flexibility index (Phi) is 4.15. The summed E-state index contributed by atoms with van der Waals surface area (Å²) in [6.45, 7) is 0.152. The molecule has 1 aromatic rings. The molecule has 5 heteroatoms. The lowest BCUT2D eigenvalue weighted by Gasteiger charge is -2.06. The fourth-order valence-corrected chi connectivity index (χ4v) is 1.58. The lowest BCUT2D eigenvalue weighted by Crippen LogP contribution is -2.04. The minimum Gasteiger partial charge on any atom is -0.490 e. The van der Waals surface area contributed by atoms with Gasteiger partial charge in [-0.2, -0.15) is 0 Å². The van der Waals surface area contributed by atoms with Crippen LogP contribution in [-0.4, -0.2) is 29.4 Å². The van der Waals surface area contributed by atoms with E-state index < -0.39 is 5.97 Å². The Labute approximate surface area is 94.7 Å². The van der Waals surface area contributed by atoms with E-state index >= 15 is 0 Å². The lowest BCUT2D eigenvalue weighted by molar-refractivity contribution is 0.0696. The van der Waals surface area contributed by atoms with Gasteiger partial charge in [0.15, 0.2) is 0 Å². The number of carboxylic acids is 1. The Morgan fingerprint density at radius 2 is 2.21 bits per heavy atom. The zero-order chi connectivity index (χ0) is 10.6. The molecule has 4 nitrogen and oxygen atoms in total. The minimum atomic E-state index is -0.961. The SMILES string of the molecule is O=C(O)c1ccc(OCCO)c(I)c1. The first-order chi connectivity index (χ1) is 6.65. The Morgan fingerprint density at radius 1 is 1.50 bits per heavy atom. The van der Waals surface area contributed by atoms with E-state index in [1.54, 1.807) is 6.07 Å². The van der Waals surface area contributed by atoms with Crippen LogP contribution in [0.2, 0.25) is 0 Å². The third kappa shape index (κ3) is 2.85. The molecule has 0 saturated heterocycles. The van der Waals surface area contributed by atoms with Gasteiger partial charge >= 0.3 is 5.97 Å². The van der Waals surface area contributed by atoms with Crippen molar-refractivity contribution in [1.82, 2.24) is 0 Å². The van der Waals surface area contributed by atoms with Crippen molar-refractivity contribution in [2.75, 3.05) is 13.2 Å². The molecule has 2 N–H and O–H groups in total.